The summed E-state index contributed by atoms with van der Waals surface area (Å²) in [5, 5.41) is 0. The smallest absolute Gasteiger partial charge is 0.309 e. The summed E-state index contributed by atoms with van der Waals surface area (Å²) in [5.74, 6) is 1.32. The van der Waals surface area contributed by atoms with Gasteiger partial charge in [-0.2, -0.15) is 0 Å². The summed E-state index contributed by atoms with van der Waals surface area (Å²) in [5.41, 5.74) is 0. The van der Waals surface area contributed by atoms with Crippen LogP contribution in [0.3, 0.4) is 0 Å². The maximum absolute atomic E-state index is 12.0. The Morgan fingerprint density at radius 2 is 1.95 bits per heavy atom. The summed E-state index contributed by atoms with van der Waals surface area (Å²) < 4.78 is 5.42. The lowest BCUT2D eigenvalue weighted by molar-refractivity contribution is -0.149. The lowest BCUT2D eigenvalue weighted by Gasteiger charge is -2.16. The first-order valence-electron chi connectivity index (χ1n) is 7.66. The molecule has 0 spiro atoms. The Hall–Kier alpha value is -0.830. The average molecular weight is 265 g/mol. The second-order valence-electron chi connectivity index (χ2n) is 6.27. The van der Waals surface area contributed by atoms with Crippen molar-refractivity contribution in [1.29, 1.82) is 0 Å². The van der Waals surface area contributed by atoms with Gasteiger partial charge in [0.15, 0.2) is 0 Å². The molecule has 0 heterocycles. The van der Waals surface area contributed by atoms with Gasteiger partial charge in [0.25, 0.3) is 0 Å². The summed E-state index contributed by atoms with van der Waals surface area (Å²) in [6.45, 7) is 1.76. The number of unbranched alkanes of at least 4 members (excludes halogenated alkanes) is 3. The van der Waals surface area contributed by atoms with E-state index in [1.54, 1.807) is 0 Å². The van der Waals surface area contributed by atoms with Gasteiger partial charge in [-0.05, 0) is 58.2 Å². The van der Waals surface area contributed by atoms with Gasteiger partial charge in [0.2, 0.25) is 0 Å². The van der Waals surface area contributed by atoms with E-state index in [4.69, 9.17) is 4.74 Å². The largest absolute Gasteiger partial charge is 0.465 e. The van der Waals surface area contributed by atoms with E-state index in [-0.39, 0.29) is 11.9 Å². The minimum Gasteiger partial charge on any atom is -0.465 e. The van der Waals surface area contributed by atoms with Crippen molar-refractivity contribution in [1.82, 2.24) is 4.90 Å². The van der Waals surface area contributed by atoms with Crippen molar-refractivity contribution >= 4 is 5.97 Å². The first-order chi connectivity index (χ1) is 9.16. The van der Waals surface area contributed by atoms with Crippen LogP contribution < -0.4 is 0 Å². The minimum absolute atomic E-state index is 0.0464. The third kappa shape index (κ3) is 4.34. The third-order valence-electron chi connectivity index (χ3n) is 4.33. The summed E-state index contributed by atoms with van der Waals surface area (Å²) in [4.78, 5) is 14.2. The number of ether oxygens (including phenoxy) is 1. The van der Waals surface area contributed by atoms with Crippen LogP contribution in [0, 0.1) is 17.8 Å². The van der Waals surface area contributed by atoms with E-state index in [2.05, 4.69) is 31.1 Å². The number of hydrogen-bond donors (Lipinski definition) is 0. The van der Waals surface area contributed by atoms with E-state index in [0.29, 0.717) is 18.4 Å². The summed E-state index contributed by atoms with van der Waals surface area (Å²) in [6, 6.07) is 0. The number of carbonyl (C=O) groups is 1. The van der Waals surface area contributed by atoms with Gasteiger partial charge in [0.05, 0.1) is 12.5 Å². The predicted molar refractivity (Wildman–Crippen MR) is 76.8 cm³/mol. The fraction of sp³-hybridized carbons (Fsp3) is 0.812. The van der Waals surface area contributed by atoms with E-state index in [1.165, 1.54) is 19.3 Å². The van der Waals surface area contributed by atoms with Crippen molar-refractivity contribution in [3.8, 4) is 0 Å². The maximum Gasteiger partial charge on any atom is 0.309 e. The van der Waals surface area contributed by atoms with Crippen LogP contribution in [0.5, 0.6) is 0 Å². The molecule has 0 saturated heterocycles. The maximum atomic E-state index is 12.0. The van der Waals surface area contributed by atoms with Crippen molar-refractivity contribution in [3.05, 3.63) is 12.2 Å². The van der Waals surface area contributed by atoms with E-state index in [1.807, 2.05) is 0 Å². The van der Waals surface area contributed by atoms with Crippen molar-refractivity contribution in [2.45, 2.75) is 38.5 Å². The zero-order valence-corrected chi connectivity index (χ0v) is 12.3. The molecular formula is C16H27NO2. The second kappa shape index (κ2) is 7.09. The number of carbonyl (C=O) groups excluding carboxylic acids is 1. The fourth-order valence-electron chi connectivity index (χ4n) is 3.22. The van der Waals surface area contributed by atoms with Crippen LogP contribution >= 0.6 is 0 Å². The molecule has 108 valence electrons. The Kier molecular flexibility index (Phi) is 5.44. The highest BCUT2D eigenvalue weighted by Gasteiger charge is 2.40. The topological polar surface area (TPSA) is 29.5 Å². The lowest BCUT2D eigenvalue weighted by atomic mass is 9.94. The van der Waals surface area contributed by atoms with Gasteiger partial charge in [-0.25, -0.2) is 0 Å². The number of fused-ring (bicyclic) bond motifs is 2. The molecule has 0 aromatic rings. The van der Waals surface area contributed by atoms with Crippen LogP contribution in [0.2, 0.25) is 0 Å². The van der Waals surface area contributed by atoms with Gasteiger partial charge < -0.3 is 9.64 Å². The highest BCUT2D eigenvalue weighted by molar-refractivity contribution is 5.74. The molecule has 0 aliphatic heterocycles. The quantitative estimate of drug-likeness (QED) is 0.384. The summed E-state index contributed by atoms with van der Waals surface area (Å²) in [7, 11) is 4.21. The Morgan fingerprint density at radius 3 is 2.58 bits per heavy atom. The molecule has 2 aliphatic carbocycles. The van der Waals surface area contributed by atoms with Crippen LogP contribution in [0.4, 0.5) is 0 Å². The lowest BCUT2D eigenvalue weighted by Crippen LogP contribution is -2.22. The number of nitrogens with zero attached hydrogens (tertiary/aromatic N) is 1. The monoisotopic (exact) mass is 265 g/mol. The Bertz CT molecular complexity index is 325. The zero-order valence-electron chi connectivity index (χ0n) is 12.3. The molecule has 2 bridgehead atoms. The Balaban J connectivity index is 1.49. The van der Waals surface area contributed by atoms with E-state index in [9.17, 15) is 4.79 Å². The molecule has 19 heavy (non-hydrogen) atoms. The number of allylic oxidation sites excluding steroid dienone is 2. The first kappa shape index (κ1) is 14.6. The molecule has 0 aromatic heterocycles. The third-order valence-corrected chi connectivity index (χ3v) is 4.33. The van der Waals surface area contributed by atoms with Crippen molar-refractivity contribution in [2.75, 3.05) is 27.2 Å². The molecule has 1 fully saturated rings. The van der Waals surface area contributed by atoms with Gasteiger partial charge in [-0.15, -0.1) is 0 Å². The van der Waals surface area contributed by atoms with Crippen LogP contribution in [0.25, 0.3) is 0 Å². The predicted octanol–water partition coefficient (Wildman–Crippen LogP) is 2.86. The highest BCUT2D eigenvalue weighted by Crippen LogP contribution is 2.43. The van der Waals surface area contributed by atoms with E-state index in [0.717, 1.165) is 25.8 Å². The SMILES string of the molecule is CN(C)CCCCCCOC(=O)C1CC2C=CC1C2. The number of rotatable bonds is 8. The van der Waals surface area contributed by atoms with Crippen molar-refractivity contribution < 1.29 is 9.53 Å². The fourth-order valence-corrected chi connectivity index (χ4v) is 3.22. The molecule has 0 N–H and O–H groups in total. The van der Waals surface area contributed by atoms with Gasteiger partial charge >= 0.3 is 5.97 Å². The molecule has 0 aromatic carbocycles. The molecule has 2 rings (SSSR count). The Morgan fingerprint density at radius 1 is 1.16 bits per heavy atom. The van der Waals surface area contributed by atoms with E-state index >= 15 is 0 Å². The first-order valence-corrected chi connectivity index (χ1v) is 7.66. The average Bonchev–Trinajstić information content (AvgIpc) is 2.99. The number of hydrogen-bond acceptors (Lipinski definition) is 3. The normalized spacial score (nSPS) is 28.3. The van der Waals surface area contributed by atoms with Gasteiger partial charge in [-0.3, -0.25) is 4.79 Å². The highest BCUT2D eigenvalue weighted by atomic mass is 16.5. The standard InChI is InChI=1S/C16H27NO2/c1-17(2)9-5-3-4-6-10-19-16(18)15-12-13-7-8-14(15)11-13/h7-8,13-15H,3-6,9-12H2,1-2H3. The summed E-state index contributed by atoms with van der Waals surface area (Å²) in [6.07, 6.45) is 11.3. The molecular weight excluding hydrogens is 238 g/mol. The van der Waals surface area contributed by atoms with Crippen molar-refractivity contribution in [2.24, 2.45) is 17.8 Å². The van der Waals surface area contributed by atoms with Gasteiger partial charge in [-0.1, -0.05) is 25.0 Å². The Labute approximate surface area is 117 Å². The molecule has 3 unspecified atom stereocenters. The van der Waals surface area contributed by atoms with Crippen molar-refractivity contribution in [3.63, 3.8) is 0 Å². The zero-order chi connectivity index (χ0) is 13.7. The molecule has 3 heteroatoms. The molecule has 0 radical (unpaired) electrons. The van der Waals surface area contributed by atoms with Gasteiger partial charge in [0, 0.05) is 0 Å². The molecule has 3 atom stereocenters. The van der Waals surface area contributed by atoms with Crippen LogP contribution in [0.15, 0.2) is 12.2 Å². The molecule has 3 nitrogen and oxygen atoms in total. The summed E-state index contributed by atoms with van der Waals surface area (Å²) >= 11 is 0. The van der Waals surface area contributed by atoms with Crippen LogP contribution in [0.1, 0.15) is 38.5 Å². The minimum atomic E-state index is 0.0464. The van der Waals surface area contributed by atoms with Gasteiger partial charge in [0.1, 0.15) is 0 Å². The second-order valence-corrected chi connectivity index (χ2v) is 6.27. The van der Waals surface area contributed by atoms with E-state index < -0.39 is 0 Å². The number of esters is 1. The molecule has 2 aliphatic rings. The van der Waals surface area contributed by atoms with Crippen LogP contribution in [-0.4, -0.2) is 38.1 Å². The molecule has 1 saturated carbocycles. The van der Waals surface area contributed by atoms with Crippen LogP contribution in [-0.2, 0) is 9.53 Å². The molecule has 0 amide bonds.